The highest BCUT2D eigenvalue weighted by molar-refractivity contribution is 5.25. The molecular formula is C19H32N2. The van der Waals surface area contributed by atoms with Gasteiger partial charge in [0.2, 0.25) is 0 Å². The van der Waals surface area contributed by atoms with Crippen molar-refractivity contribution in [2.24, 2.45) is 5.92 Å². The fraction of sp³-hybridized carbons (Fsp3) is 0.684. The molecule has 2 nitrogen and oxygen atoms in total. The monoisotopic (exact) mass is 288 g/mol. The van der Waals surface area contributed by atoms with E-state index in [1.807, 2.05) is 0 Å². The molecule has 1 aliphatic rings. The van der Waals surface area contributed by atoms with Crippen LogP contribution in [0.15, 0.2) is 24.3 Å². The fourth-order valence-electron chi connectivity index (χ4n) is 3.58. The molecule has 0 aliphatic carbocycles. The van der Waals surface area contributed by atoms with Crippen molar-refractivity contribution < 1.29 is 0 Å². The SMILES string of the molecule is CNCC1CCCCN1C(C)c1ccc(CC(C)C)cc1. The topological polar surface area (TPSA) is 15.3 Å². The Labute approximate surface area is 130 Å². The Morgan fingerprint density at radius 2 is 1.86 bits per heavy atom. The van der Waals surface area contributed by atoms with Crippen LogP contribution in [0.3, 0.4) is 0 Å². The van der Waals surface area contributed by atoms with Crippen molar-refractivity contribution >= 4 is 0 Å². The largest absolute Gasteiger partial charge is 0.318 e. The second-order valence-corrected chi connectivity index (χ2v) is 6.96. The van der Waals surface area contributed by atoms with E-state index in [4.69, 9.17) is 0 Å². The molecule has 2 rings (SSSR count). The van der Waals surface area contributed by atoms with Gasteiger partial charge < -0.3 is 5.32 Å². The number of rotatable bonds is 6. The molecule has 1 N–H and O–H groups in total. The number of likely N-dealkylation sites (tertiary alicyclic amines) is 1. The maximum Gasteiger partial charge on any atom is 0.0323 e. The van der Waals surface area contributed by atoms with Gasteiger partial charge in [-0.1, -0.05) is 44.5 Å². The maximum absolute atomic E-state index is 3.36. The number of likely N-dealkylation sites (N-methyl/N-ethyl adjacent to an activating group) is 1. The molecule has 0 radical (unpaired) electrons. The summed E-state index contributed by atoms with van der Waals surface area (Å²) < 4.78 is 0. The predicted molar refractivity (Wildman–Crippen MR) is 91.7 cm³/mol. The summed E-state index contributed by atoms with van der Waals surface area (Å²) in [6.45, 7) is 9.28. The van der Waals surface area contributed by atoms with Gasteiger partial charge in [0.15, 0.2) is 0 Å². The van der Waals surface area contributed by atoms with Crippen LogP contribution in [-0.2, 0) is 6.42 Å². The number of benzene rings is 1. The molecule has 2 heteroatoms. The lowest BCUT2D eigenvalue weighted by Gasteiger charge is -2.40. The minimum Gasteiger partial charge on any atom is -0.318 e. The molecule has 1 aliphatic heterocycles. The zero-order valence-electron chi connectivity index (χ0n) is 14.2. The first kappa shape index (κ1) is 16.5. The van der Waals surface area contributed by atoms with Crippen molar-refractivity contribution in [1.82, 2.24) is 10.2 Å². The molecule has 1 aromatic carbocycles. The summed E-state index contributed by atoms with van der Waals surface area (Å²) in [5.74, 6) is 0.732. The number of nitrogens with one attached hydrogen (secondary N) is 1. The average molecular weight is 288 g/mol. The van der Waals surface area contributed by atoms with Gasteiger partial charge in [0.25, 0.3) is 0 Å². The van der Waals surface area contributed by atoms with Crippen molar-refractivity contribution in [1.29, 1.82) is 0 Å². The quantitative estimate of drug-likeness (QED) is 0.850. The summed E-state index contributed by atoms with van der Waals surface area (Å²) >= 11 is 0. The lowest BCUT2D eigenvalue weighted by molar-refractivity contribution is 0.103. The lowest BCUT2D eigenvalue weighted by atomic mass is 9.95. The van der Waals surface area contributed by atoms with Crippen molar-refractivity contribution in [2.45, 2.75) is 58.5 Å². The third-order valence-electron chi connectivity index (χ3n) is 4.72. The van der Waals surface area contributed by atoms with Gasteiger partial charge in [-0.3, -0.25) is 4.90 Å². The van der Waals surface area contributed by atoms with Crippen LogP contribution in [0.2, 0.25) is 0 Å². The summed E-state index contributed by atoms with van der Waals surface area (Å²) in [6.07, 6.45) is 5.23. The summed E-state index contributed by atoms with van der Waals surface area (Å²) in [5.41, 5.74) is 2.93. The van der Waals surface area contributed by atoms with Crippen molar-refractivity contribution in [2.75, 3.05) is 20.1 Å². The smallest absolute Gasteiger partial charge is 0.0323 e. The minimum absolute atomic E-state index is 0.525. The molecule has 1 heterocycles. The van der Waals surface area contributed by atoms with Gasteiger partial charge in [0.05, 0.1) is 0 Å². The van der Waals surface area contributed by atoms with Crippen molar-refractivity contribution in [3.63, 3.8) is 0 Å². The minimum atomic E-state index is 0.525. The van der Waals surface area contributed by atoms with E-state index in [9.17, 15) is 0 Å². The van der Waals surface area contributed by atoms with Crippen LogP contribution < -0.4 is 5.32 Å². The molecule has 1 saturated heterocycles. The molecule has 0 bridgehead atoms. The van der Waals surface area contributed by atoms with Crippen LogP contribution in [-0.4, -0.2) is 31.1 Å². The zero-order valence-corrected chi connectivity index (χ0v) is 14.2. The Morgan fingerprint density at radius 1 is 1.14 bits per heavy atom. The third kappa shape index (κ3) is 4.55. The first-order chi connectivity index (χ1) is 10.1. The molecule has 0 amide bonds. The van der Waals surface area contributed by atoms with E-state index in [1.54, 1.807) is 0 Å². The molecule has 118 valence electrons. The molecule has 0 saturated carbocycles. The normalized spacial score (nSPS) is 21.7. The van der Waals surface area contributed by atoms with Gasteiger partial charge >= 0.3 is 0 Å². The van der Waals surface area contributed by atoms with Gasteiger partial charge in [-0.25, -0.2) is 0 Å². The first-order valence-electron chi connectivity index (χ1n) is 8.61. The Kier molecular flexibility index (Phi) is 6.25. The second-order valence-electron chi connectivity index (χ2n) is 6.96. The van der Waals surface area contributed by atoms with Gasteiger partial charge in [-0.2, -0.15) is 0 Å². The number of nitrogens with zero attached hydrogens (tertiary/aromatic N) is 1. The Hall–Kier alpha value is -0.860. The Bertz CT molecular complexity index is 408. The summed E-state index contributed by atoms with van der Waals surface area (Å²) in [5, 5.41) is 3.36. The highest BCUT2D eigenvalue weighted by Gasteiger charge is 2.26. The van der Waals surface area contributed by atoms with E-state index in [-0.39, 0.29) is 0 Å². The van der Waals surface area contributed by atoms with Crippen LogP contribution >= 0.6 is 0 Å². The van der Waals surface area contributed by atoms with Crippen molar-refractivity contribution in [3.8, 4) is 0 Å². The first-order valence-corrected chi connectivity index (χ1v) is 8.61. The molecule has 2 unspecified atom stereocenters. The van der Waals surface area contributed by atoms with E-state index in [0.717, 1.165) is 12.5 Å². The van der Waals surface area contributed by atoms with Crippen LogP contribution in [0.1, 0.15) is 57.2 Å². The highest BCUT2D eigenvalue weighted by atomic mass is 15.2. The van der Waals surface area contributed by atoms with Crippen LogP contribution in [0.25, 0.3) is 0 Å². The van der Waals surface area contributed by atoms with E-state index >= 15 is 0 Å². The molecule has 0 spiro atoms. The summed E-state index contributed by atoms with van der Waals surface area (Å²) in [7, 11) is 2.07. The van der Waals surface area contributed by atoms with E-state index in [1.165, 1.54) is 43.4 Å². The van der Waals surface area contributed by atoms with Crippen LogP contribution in [0, 0.1) is 5.92 Å². The molecular weight excluding hydrogens is 256 g/mol. The second kappa shape index (κ2) is 7.95. The Balaban J connectivity index is 2.05. The van der Waals surface area contributed by atoms with Gasteiger partial charge in [0.1, 0.15) is 0 Å². The molecule has 2 atom stereocenters. The Morgan fingerprint density at radius 3 is 2.48 bits per heavy atom. The predicted octanol–water partition coefficient (Wildman–Crippen LogP) is 4.02. The molecule has 21 heavy (non-hydrogen) atoms. The van der Waals surface area contributed by atoms with E-state index < -0.39 is 0 Å². The fourth-order valence-corrected chi connectivity index (χ4v) is 3.58. The number of hydrogen-bond donors (Lipinski definition) is 1. The number of hydrogen-bond acceptors (Lipinski definition) is 2. The van der Waals surface area contributed by atoms with Crippen molar-refractivity contribution in [3.05, 3.63) is 35.4 Å². The molecule has 1 aromatic rings. The average Bonchev–Trinajstić information content (AvgIpc) is 2.48. The summed E-state index contributed by atoms with van der Waals surface area (Å²) in [6, 6.07) is 10.5. The summed E-state index contributed by atoms with van der Waals surface area (Å²) in [4.78, 5) is 2.69. The van der Waals surface area contributed by atoms with Gasteiger partial charge in [0, 0.05) is 18.6 Å². The van der Waals surface area contributed by atoms with Gasteiger partial charge in [-0.05, 0) is 56.8 Å². The van der Waals surface area contributed by atoms with Crippen LogP contribution in [0.5, 0.6) is 0 Å². The molecule has 0 aromatic heterocycles. The lowest BCUT2D eigenvalue weighted by Crippen LogP contribution is -2.45. The highest BCUT2D eigenvalue weighted by Crippen LogP contribution is 2.28. The third-order valence-corrected chi connectivity index (χ3v) is 4.72. The number of piperidine rings is 1. The maximum atomic E-state index is 3.36. The zero-order chi connectivity index (χ0) is 15.2. The van der Waals surface area contributed by atoms with Gasteiger partial charge in [-0.15, -0.1) is 0 Å². The van der Waals surface area contributed by atoms with E-state index in [0.29, 0.717) is 12.1 Å². The standard InChI is InChI=1S/C19H32N2/c1-15(2)13-17-8-10-18(11-9-17)16(3)21-12-6-5-7-19(21)14-20-4/h8-11,15-16,19-20H,5-7,12-14H2,1-4H3. The van der Waals surface area contributed by atoms with Crippen LogP contribution in [0.4, 0.5) is 0 Å². The van der Waals surface area contributed by atoms with E-state index in [2.05, 4.69) is 62.3 Å². The molecule has 1 fully saturated rings.